The Kier molecular flexibility index (Phi) is 5.04. The van der Waals surface area contributed by atoms with Gasteiger partial charge < -0.3 is 15.0 Å². The Labute approximate surface area is 154 Å². The predicted molar refractivity (Wildman–Crippen MR) is 101 cm³/mol. The fourth-order valence-corrected chi connectivity index (χ4v) is 4.28. The Balaban J connectivity index is 1.30. The molecule has 2 saturated heterocycles. The maximum absolute atomic E-state index is 12.6. The van der Waals surface area contributed by atoms with Gasteiger partial charge in [0.1, 0.15) is 6.61 Å². The minimum atomic E-state index is -0.151. The molecule has 1 unspecified atom stereocenters. The fourth-order valence-electron chi connectivity index (χ4n) is 4.28. The van der Waals surface area contributed by atoms with Gasteiger partial charge in [0.25, 0.3) is 0 Å². The lowest BCUT2D eigenvalue weighted by molar-refractivity contribution is 0.0546. The molecule has 0 aliphatic carbocycles. The Hall–Kier alpha value is -2.56. The van der Waals surface area contributed by atoms with E-state index in [1.54, 1.807) is 12.4 Å². The highest BCUT2D eigenvalue weighted by molar-refractivity contribution is 5.69. The number of ether oxygens (including phenoxy) is 1. The van der Waals surface area contributed by atoms with Gasteiger partial charge in [0, 0.05) is 36.7 Å². The van der Waals surface area contributed by atoms with Crippen LogP contribution in [0.15, 0.2) is 54.9 Å². The number of rotatable bonds is 5. The summed E-state index contributed by atoms with van der Waals surface area (Å²) < 4.78 is 5.58. The number of nitrogens with zero attached hydrogens (tertiary/aromatic N) is 2. The zero-order valence-corrected chi connectivity index (χ0v) is 14.9. The zero-order chi connectivity index (χ0) is 17.8. The van der Waals surface area contributed by atoms with Crippen molar-refractivity contribution in [3.8, 4) is 0 Å². The summed E-state index contributed by atoms with van der Waals surface area (Å²) in [6.45, 7) is 1.30. The summed E-state index contributed by atoms with van der Waals surface area (Å²) >= 11 is 0. The molecule has 136 valence electrons. The molecule has 1 aromatic carbocycles. The summed E-state index contributed by atoms with van der Waals surface area (Å²) in [6, 6.07) is 14.5. The number of hydrogen-bond donors (Lipinski definition) is 1. The molecule has 0 radical (unpaired) electrons. The molecule has 26 heavy (non-hydrogen) atoms. The Morgan fingerprint density at radius 3 is 2.46 bits per heavy atom. The van der Waals surface area contributed by atoms with Crippen LogP contribution in [0.4, 0.5) is 10.5 Å². The Morgan fingerprint density at radius 1 is 1.08 bits per heavy atom. The topological polar surface area (TPSA) is 54.5 Å². The molecule has 3 heterocycles. The first-order valence-corrected chi connectivity index (χ1v) is 9.42. The minimum Gasteiger partial charge on any atom is -0.445 e. The van der Waals surface area contributed by atoms with Crippen LogP contribution >= 0.6 is 0 Å². The van der Waals surface area contributed by atoms with Crippen LogP contribution in [0, 0.1) is 5.92 Å². The summed E-state index contributed by atoms with van der Waals surface area (Å²) in [5.74, 6) is 0.596. The SMILES string of the molecule is O=C(OCc1ccccc1)N1[C@@H]2CC[C@H]1CC(CNc1ccncc1)C2. The fraction of sp³-hybridized carbons (Fsp3) is 0.429. The van der Waals surface area contributed by atoms with E-state index in [4.69, 9.17) is 4.74 Å². The second kappa shape index (κ2) is 7.77. The minimum absolute atomic E-state index is 0.151. The van der Waals surface area contributed by atoms with Gasteiger partial charge in [0.15, 0.2) is 0 Å². The first-order valence-electron chi connectivity index (χ1n) is 9.42. The Bertz CT molecular complexity index is 709. The molecular weight excluding hydrogens is 326 g/mol. The predicted octanol–water partition coefficient (Wildman–Crippen LogP) is 4.07. The molecule has 2 aromatic rings. The van der Waals surface area contributed by atoms with Gasteiger partial charge in [0.2, 0.25) is 0 Å². The summed E-state index contributed by atoms with van der Waals surface area (Å²) in [5.41, 5.74) is 2.14. The van der Waals surface area contributed by atoms with E-state index < -0.39 is 0 Å². The van der Waals surface area contributed by atoms with E-state index in [1.165, 1.54) is 0 Å². The molecule has 1 aromatic heterocycles. The number of pyridine rings is 1. The van der Waals surface area contributed by atoms with Gasteiger partial charge in [-0.3, -0.25) is 4.98 Å². The summed E-state index contributed by atoms with van der Waals surface area (Å²) in [4.78, 5) is 18.7. The molecule has 5 heteroatoms. The summed E-state index contributed by atoms with van der Waals surface area (Å²) in [7, 11) is 0. The van der Waals surface area contributed by atoms with Gasteiger partial charge in [-0.05, 0) is 49.3 Å². The monoisotopic (exact) mass is 351 g/mol. The van der Waals surface area contributed by atoms with Gasteiger partial charge in [0.05, 0.1) is 0 Å². The second-order valence-corrected chi connectivity index (χ2v) is 7.29. The molecule has 0 spiro atoms. The van der Waals surface area contributed by atoms with Crippen LogP contribution in [0.1, 0.15) is 31.2 Å². The lowest BCUT2D eigenvalue weighted by Gasteiger charge is -2.38. The van der Waals surface area contributed by atoms with Crippen molar-refractivity contribution in [3.05, 3.63) is 60.4 Å². The lowest BCUT2D eigenvalue weighted by atomic mass is 9.91. The largest absolute Gasteiger partial charge is 0.445 e. The molecule has 0 saturated carbocycles. The number of benzene rings is 1. The molecule has 4 rings (SSSR count). The first kappa shape index (κ1) is 16.9. The quantitative estimate of drug-likeness (QED) is 0.882. The number of anilines is 1. The standard InChI is InChI=1S/C21H25N3O2/c25-21(26-15-16-4-2-1-3-5-16)24-19-6-7-20(24)13-17(12-19)14-23-18-8-10-22-11-9-18/h1-5,8-11,17,19-20H,6-7,12-15H2,(H,22,23)/t17?,19-,20+. The van der Waals surface area contributed by atoms with E-state index in [0.717, 1.165) is 43.5 Å². The van der Waals surface area contributed by atoms with Gasteiger partial charge in [-0.25, -0.2) is 4.79 Å². The molecule has 2 aliphatic rings. The number of piperidine rings is 1. The molecule has 1 amide bonds. The number of nitrogens with one attached hydrogen (secondary N) is 1. The smallest absolute Gasteiger partial charge is 0.410 e. The third-order valence-corrected chi connectivity index (χ3v) is 5.52. The molecule has 2 aliphatic heterocycles. The molecule has 2 bridgehead atoms. The number of aromatic nitrogens is 1. The van der Waals surface area contributed by atoms with Crippen molar-refractivity contribution in [2.45, 2.75) is 44.4 Å². The summed E-state index contributed by atoms with van der Waals surface area (Å²) in [5, 5.41) is 3.50. The third kappa shape index (κ3) is 3.82. The van der Waals surface area contributed by atoms with Gasteiger partial charge in [-0.15, -0.1) is 0 Å². The van der Waals surface area contributed by atoms with Crippen molar-refractivity contribution in [1.29, 1.82) is 0 Å². The average Bonchev–Trinajstić information content (AvgIpc) is 2.96. The first-order chi connectivity index (χ1) is 12.8. The zero-order valence-electron chi connectivity index (χ0n) is 14.9. The highest BCUT2D eigenvalue weighted by Crippen LogP contribution is 2.39. The van der Waals surface area contributed by atoms with Crippen LogP contribution in [-0.4, -0.2) is 34.6 Å². The van der Waals surface area contributed by atoms with E-state index in [-0.39, 0.29) is 6.09 Å². The number of carbonyl (C=O) groups is 1. The van der Waals surface area contributed by atoms with Crippen molar-refractivity contribution >= 4 is 11.8 Å². The van der Waals surface area contributed by atoms with Crippen LogP contribution in [0.3, 0.4) is 0 Å². The number of fused-ring (bicyclic) bond motifs is 2. The van der Waals surface area contributed by atoms with E-state index in [0.29, 0.717) is 24.6 Å². The summed E-state index contributed by atoms with van der Waals surface area (Å²) in [6.07, 6.45) is 7.74. The van der Waals surface area contributed by atoms with Crippen LogP contribution in [0.5, 0.6) is 0 Å². The normalized spacial score (nSPS) is 24.3. The molecule has 1 N–H and O–H groups in total. The molecule has 5 nitrogen and oxygen atoms in total. The highest BCUT2D eigenvalue weighted by Gasteiger charge is 2.43. The van der Waals surface area contributed by atoms with E-state index in [1.807, 2.05) is 47.4 Å². The maximum atomic E-state index is 12.6. The molecular formula is C21H25N3O2. The third-order valence-electron chi connectivity index (χ3n) is 5.52. The number of carbonyl (C=O) groups excluding carboxylic acids is 1. The lowest BCUT2D eigenvalue weighted by Crippen LogP contribution is -2.47. The van der Waals surface area contributed by atoms with Crippen molar-refractivity contribution in [1.82, 2.24) is 9.88 Å². The van der Waals surface area contributed by atoms with Gasteiger partial charge in [-0.1, -0.05) is 30.3 Å². The van der Waals surface area contributed by atoms with E-state index >= 15 is 0 Å². The van der Waals surface area contributed by atoms with Crippen LogP contribution in [-0.2, 0) is 11.3 Å². The van der Waals surface area contributed by atoms with Crippen molar-refractivity contribution in [2.24, 2.45) is 5.92 Å². The average molecular weight is 351 g/mol. The van der Waals surface area contributed by atoms with Gasteiger partial charge >= 0.3 is 6.09 Å². The van der Waals surface area contributed by atoms with Crippen LogP contribution < -0.4 is 5.32 Å². The highest BCUT2D eigenvalue weighted by atomic mass is 16.6. The van der Waals surface area contributed by atoms with Crippen LogP contribution in [0.2, 0.25) is 0 Å². The van der Waals surface area contributed by atoms with E-state index in [2.05, 4.69) is 10.3 Å². The Morgan fingerprint density at radius 2 is 1.77 bits per heavy atom. The van der Waals surface area contributed by atoms with Gasteiger partial charge in [-0.2, -0.15) is 0 Å². The van der Waals surface area contributed by atoms with Crippen molar-refractivity contribution in [2.75, 3.05) is 11.9 Å². The number of amides is 1. The second-order valence-electron chi connectivity index (χ2n) is 7.29. The number of hydrogen-bond acceptors (Lipinski definition) is 4. The molecule has 3 atom stereocenters. The van der Waals surface area contributed by atoms with Crippen LogP contribution in [0.25, 0.3) is 0 Å². The van der Waals surface area contributed by atoms with Crippen molar-refractivity contribution < 1.29 is 9.53 Å². The maximum Gasteiger partial charge on any atom is 0.410 e. The van der Waals surface area contributed by atoms with E-state index in [9.17, 15) is 4.79 Å². The molecule has 2 fully saturated rings. The van der Waals surface area contributed by atoms with Crippen molar-refractivity contribution in [3.63, 3.8) is 0 Å².